The van der Waals surface area contributed by atoms with Crippen LogP contribution in [-0.2, 0) is 9.53 Å². The zero-order valence-electron chi connectivity index (χ0n) is 14.7. The summed E-state index contributed by atoms with van der Waals surface area (Å²) in [5.74, 6) is -1.13. The monoisotopic (exact) mass is 369 g/mol. The Hall–Kier alpha value is -3.61. The molecule has 7 heteroatoms. The molecule has 27 heavy (non-hydrogen) atoms. The first-order chi connectivity index (χ1) is 12.9. The second-order valence-electron chi connectivity index (χ2n) is 5.61. The van der Waals surface area contributed by atoms with Gasteiger partial charge in [-0.3, -0.25) is 4.79 Å². The van der Waals surface area contributed by atoms with Crippen LogP contribution >= 0.6 is 0 Å². The summed E-state index contributed by atoms with van der Waals surface area (Å²) >= 11 is 0. The van der Waals surface area contributed by atoms with Crippen molar-refractivity contribution in [2.75, 3.05) is 13.2 Å². The van der Waals surface area contributed by atoms with Crippen LogP contribution in [0.5, 0.6) is 11.5 Å². The van der Waals surface area contributed by atoms with Crippen LogP contribution in [0.25, 0.3) is 0 Å². The fraction of sp³-hybridized carbons (Fsp3) is 0.150. The molecule has 2 rings (SSSR count). The number of ether oxygens (including phenoxy) is 2. The molecule has 0 aromatic heterocycles. The first-order valence-electron chi connectivity index (χ1n) is 8.09. The van der Waals surface area contributed by atoms with Crippen LogP contribution in [0.15, 0.2) is 60.7 Å². The van der Waals surface area contributed by atoms with Gasteiger partial charge in [0, 0.05) is 17.2 Å². The van der Waals surface area contributed by atoms with E-state index in [0.29, 0.717) is 5.56 Å². The summed E-state index contributed by atoms with van der Waals surface area (Å²) in [5.41, 5.74) is 0.794. The van der Waals surface area contributed by atoms with Crippen molar-refractivity contribution in [3.63, 3.8) is 0 Å². The number of hydrogen-bond donors (Lipinski definition) is 2. The van der Waals surface area contributed by atoms with Crippen LogP contribution < -0.4 is 10.1 Å². The molecule has 7 nitrogen and oxygen atoms in total. The van der Waals surface area contributed by atoms with Gasteiger partial charge in [0.1, 0.15) is 18.1 Å². The van der Waals surface area contributed by atoms with Gasteiger partial charge in [-0.15, -0.1) is 0 Å². The number of amides is 1. The van der Waals surface area contributed by atoms with E-state index >= 15 is 0 Å². The van der Waals surface area contributed by atoms with Crippen molar-refractivity contribution in [2.45, 2.75) is 6.92 Å². The van der Waals surface area contributed by atoms with E-state index in [4.69, 9.17) is 9.47 Å². The van der Waals surface area contributed by atoms with Crippen LogP contribution in [-0.4, -0.2) is 36.1 Å². The first kappa shape index (κ1) is 19.7. The Morgan fingerprint density at radius 1 is 1.11 bits per heavy atom. The number of ketones is 1. The molecule has 2 aromatic carbocycles. The van der Waals surface area contributed by atoms with Crippen molar-refractivity contribution in [1.29, 1.82) is 0 Å². The summed E-state index contributed by atoms with van der Waals surface area (Å²) in [4.78, 5) is 35.2. The van der Waals surface area contributed by atoms with Gasteiger partial charge in [-0.1, -0.05) is 36.9 Å². The minimum Gasteiger partial charge on any atom is -0.507 e. The minimum atomic E-state index is -0.789. The van der Waals surface area contributed by atoms with Crippen molar-refractivity contribution in [1.82, 2.24) is 5.32 Å². The highest BCUT2D eigenvalue weighted by atomic mass is 16.6. The van der Waals surface area contributed by atoms with Gasteiger partial charge in [-0.2, -0.15) is 0 Å². The van der Waals surface area contributed by atoms with Gasteiger partial charge in [-0.05, 0) is 19.1 Å². The maximum Gasteiger partial charge on any atom is 0.412 e. The molecule has 0 heterocycles. The Bertz CT molecular complexity index is 860. The van der Waals surface area contributed by atoms with Crippen molar-refractivity contribution in [3.8, 4) is 11.5 Å². The standard InChI is InChI=1S/C20H19NO6/c1-13(2)19(24)26-11-10-21-20(25)27-15-8-9-16(17(22)12-15)18(23)14-6-4-3-5-7-14/h3-9,12,22H,1,10-11H2,2H3,(H,21,25). The second-order valence-corrected chi connectivity index (χ2v) is 5.61. The quantitative estimate of drug-likeness (QED) is 0.337. The number of phenols is 1. The molecule has 0 spiro atoms. The van der Waals surface area contributed by atoms with Gasteiger partial charge in [0.2, 0.25) is 0 Å². The van der Waals surface area contributed by atoms with E-state index in [-0.39, 0.29) is 41.6 Å². The average molecular weight is 369 g/mol. The Morgan fingerprint density at radius 3 is 2.44 bits per heavy atom. The average Bonchev–Trinajstić information content (AvgIpc) is 2.65. The van der Waals surface area contributed by atoms with Gasteiger partial charge in [0.25, 0.3) is 0 Å². The number of aromatic hydroxyl groups is 1. The molecule has 0 atom stereocenters. The Morgan fingerprint density at radius 2 is 1.81 bits per heavy atom. The van der Waals surface area contributed by atoms with E-state index in [0.717, 1.165) is 0 Å². The summed E-state index contributed by atoms with van der Waals surface area (Å²) in [5, 5.41) is 12.5. The maximum absolute atomic E-state index is 12.4. The molecule has 0 unspecified atom stereocenters. The molecule has 0 bridgehead atoms. The molecule has 0 aliphatic rings. The minimum absolute atomic E-state index is 0.0312. The number of hydrogen-bond acceptors (Lipinski definition) is 6. The molecule has 2 N–H and O–H groups in total. The molecule has 0 saturated carbocycles. The molecule has 140 valence electrons. The highest BCUT2D eigenvalue weighted by molar-refractivity contribution is 6.10. The topological polar surface area (TPSA) is 102 Å². The zero-order chi connectivity index (χ0) is 19.8. The van der Waals surface area contributed by atoms with E-state index in [2.05, 4.69) is 11.9 Å². The fourth-order valence-electron chi connectivity index (χ4n) is 2.08. The molecule has 0 radical (unpaired) electrons. The fourth-order valence-corrected chi connectivity index (χ4v) is 2.08. The van der Waals surface area contributed by atoms with E-state index in [1.165, 1.54) is 25.1 Å². The van der Waals surface area contributed by atoms with E-state index in [1.54, 1.807) is 30.3 Å². The summed E-state index contributed by atoms with van der Waals surface area (Å²) < 4.78 is 9.83. The number of esters is 1. The number of phenolic OH excluding ortho intramolecular Hbond substituents is 1. The van der Waals surface area contributed by atoms with E-state index in [9.17, 15) is 19.5 Å². The van der Waals surface area contributed by atoms with Crippen LogP contribution in [0, 0.1) is 0 Å². The number of rotatable bonds is 7. The number of nitrogens with one attached hydrogen (secondary N) is 1. The Labute approximate surface area is 156 Å². The molecule has 0 fully saturated rings. The number of carbonyl (C=O) groups excluding carboxylic acids is 3. The Kier molecular flexibility index (Phi) is 6.71. The summed E-state index contributed by atoms with van der Waals surface area (Å²) in [6.45, 7) is 4.97. The molecule has 1 amide bonds. The van der Waals surface area contributed by atoms with Crippen LogP contribution in [0.3, 0.4) is 0 Å². The molecule has 0 saturated heterocycles. The normalized spacial score (nSPS) is 9.96. The third-order valence-corrected chi connectivity index (χ3v) is 3.41. The van der Waals surface area contributed by atoms with Crippen molar-refractivity contribution in [3.05, 3.63) is 71.8 Å². The lowest BCUT2D eigenvalue weighted by Crippen LogP contribution is -2.30. The highest BCUT2D eigenvalue weighted by Crippen LogP contribution is 2.26. The smallest absolute Gasteiger partial charge is 0.412 e. The molecular formula is C20H19NO6. The van der Waals surface area contributed by atoms with Gasteiger partial charge >= 0.3 is 12.1 Å². The first-order valence-corrected chi connectivity index (χ1v) is 8.09. The molecule has 0 aliphatic carbocycles. The predicted octanol–water partition coefficient (Wildman–Crippen LogP) is 2.83. The lowest BCUT2D eigenvalue weighted by Gasteiger charge is -2.09. The van der Waals surface area contributed by atoms with Crippen LogP contribution in [0.4, 0.5) is 4.79 Å². The van der Waals surface area contributed by atoms with Crippen LogP contribution in [0.1, 0.15) is 22.8 Å². The van der Waals surface area contributed by atoms with Crippen molar-refractivity contribution < 1.29 is 29.0 Å². The lowest BCUT2D eigenvalue weighted by molar-refractivity contribution is -0.138. The third kappa shape index (κ3) is 5.71. The van der Waals surface area contributed by atoms with Gasteiger partial charge < -0.3 is 19.9 Å². The summed E-state index contributed by atoms with van der Waals surface area (Å²) in [6, 6.07) is 12.5. The summed E-state index contributed by atoms with van der Waals surface area (Å²) in [6.07, 6.45) is -0.789. The third-order valence-electron chi connectivity index (χ3n) is 3.41. The van der Waals surface area contributed by atoms with Crippen LogP contribution in [0.2, 0.25) is 0 Å². The molecule has 2 aromatic rings. The summed E-state index contributed by atoms with van der Waals surface area (Å²) in [7, 11) is 0. The molecular weight excluding hydrogens is 350 g/mol. The number of carbonyl (C=O) groups is 3. The molecule has 0 aliphatic heterocycles. The second kappa shape index (κ2) is 9.19. The SMILES string of the molecule is C=C(C)C(=O)OCCNC(=O)Oc1ccc(C(=O)c2ccccc2)c(O)c1. The van der Waals surface area contributed by atoms with Gasteiger partial charge in [-0.25, -0.2) is 9.59 Å². The predicted molar refractivity (Wildman–Crippen MR) is 97.8 cm³/mol. The van der Waals surface area contributed by atoms with E-state index < -0.39 is 12.1 Å². The van der Waals surface area contributed by atoms with E-state index in [1.807, 2.05) is 0 Å². The number of benzene rings is 2. The van der Waals surface area contributed by atoms with Crippen molar-refractivity contribution >= 4 is 17.8 Å². The maximum atomic E-state index is 12.4. The van der Waals surface area contributed by atoms with Gasteiger partial charge in [0.05, 0.1) is 12.1 Å². The zero-order valence-corrected chi connectivity index (χ0v) is 14.7. The lowest BCUT2D eigenvalue weighted by atomic mass is 10.0. The van der Waals surface area contributed by atoms with Gasteiger partial charge in [0.15, 0.2) is 5.78 Å². The largest absolute Gasteiger partial charge is 0.507 e. The highest BCUT2D eigenvalue weighted by Gasteiger charge is 2.15. The van der Waals surface area contributed by atoms with Crippen molar-refractivity contribution in [2.24, 2.45) is 0 Å². The Balaban J connectivity index is 1.90.